The van der Waals surface area contributed by atoms with Crippen LogP contribution in [0.2, 0.25) is 0 Å². The quantitative estimate of drug-likeness (QED) is 0.901. The van der Waals surface area contributed by atoms with E-state index in [1.54, 1.807) is 0 Å². The van der Waals surface area contributed by atoms with E-state index >= 15 is 0 Å². The van der Waals surface area contributed by atoms with Crippen LogP contribution in [0.15, 0.2) is 0 Å². The van der Waals surface area contributed by atoms with Gasteiger partial charge < -0.3 is 10.2 Å². The molecular formula is C16H27N5OS. The molecule has 1 saturated heterocycles. The van der Waals surface area contributed by atoms with Crippen molar-refractivity contribution in [3.8, 4) is 0 Å². The molecule has 0 spiro atoms. The lowest BCUT2D eigenvalue weighted by molar-refractivity contribution is 0.176. The van der Waals surface area contributed by atoms with E-state index in [4.69, 9.17) is 0 Å². The molecule has 0 radical (unpaired) electrons. The lowest BCUT2D eigenvalue weighted by Gasteiger charge is -2.30. The van der Waals surface area contributed by atoms with Gasteiger partial charge in [-0.1, -0.05) is 13.8 Å². The van der Waals surface area contributed by atoms with Crippen LogP contribution in [0.4, 0.5) is 4.79 Å². The van der Waals surface area contributed by atoms with Crippen molar-refractivity contribution in [3.05, 3.63) is 11.6 Å². The minimum atomic E-state index is -0.0145. The molecule has 1 N–H and O–H groups in total. The van der Waals surface area contributed by atoms with Gasteiger partial charge in [-0.2, -0.15) is 16.9 Å². The van der Waals surface area contributed by atoms with E-state index in [0.717, 1.165) is 55.5 Å². The summed E-state index contributed by atoms with van der Waals surface area (Å²) in [7, 11) is 0. The van der Waals surface area contributed by atoms with Crippen LogP contribution in [-0.2, 0) is 6.54 Å². The smallest absolute Gasteiger partial charge is 0.318 e. The summed E-state index contributed by atoms with van der Waals surface area (Å²) in [5, 5.41) is 7.80. The van der Waals surface area contributed by atoms with E-state index in [0.29, 0.717) is 12.0 Å². The molecule has 1 aromatic rings. The Labute approximate surface area is 142 Å². The van der Waals surface area contributed by atoms with Crippen molar-refractivity contribution >= 4 is 17.8 Å². The molecule has 128 valence electrons. The molecule has 2 aliphatic heterocycles. The Morgan fingerprint density at radius 1 is 1.30 bits per heavy atom. The van der Waals surface area contributed by atoms with E-state index in [2.05, 4.69) is 36.2 Å². The average Bonchev–Trinajstić information content (AvgIpc) is 2.85. The number of hydrogen-bond acceptors (Lipinski definition) is 4. The summed E-state index contributed by atoms with van der Waals surface area (Å²) in [5.74, 6) is 4.27. The second-order valence-corrected chi connectivity index (χ2v) is 8.02. The molecule has 0 bridgehead atoms. The van der Waals surface area contributed by atoms with Crippen molar-refractivity contribution < 1.29 is 4.79 Å². The zero-order valence-corrected chi connectivity index (χ0v) is 15.1. The number of hydrogen-bond donors (Lipinski definition) is 1. The number of urea groups is 1. The molecule has 23 heavy (non-hydrogen) atoms. The number of aromatic nitrogens is 3. The van der Waals surface area contributed by atoms with Crippen molar-refractivity contribution in [1.82, 2.24) is 25.0 Å². The number of carbonyl (C=O) groups excluding carboxylic acids is 1. The molecule has 0 aliphatic carbocycles. The minimum Gasteiger partial charge on any atom is -0.328 e. The van der Waals surface area contributed by atoms with E-state index in [-0.39, 0.29) is 12.1 Å². The molecule has 2 amide bonds. The lowest BCUT2D eigenvalue weighted by Crippen LogP contribution is -2.47. The van der Waals surface area contributed by atoms with E-state index < -0.39 is 0 Å². The summed E-state index contributed by atoms with van der Waals surface area (Å²) in [6.45, 7) is 8.08. The summed E-state index contributed by atoms with van der Waals surface area (Å²) in [6.07, 6.45) is 3.04. The molecule has 2 aliphatic rings. The van der Waals surface area contributed by atoms with Crippen molar-refractivity contribution in [2.24, 2.45) is 0 Å². The summed E-state index contributed by atoms with van der Waals surface area (Å²) in [5.41, 5.74) is 0. The first kappa shape index (κ1) is 16.6. The summed E-state index contributed by atoms with van der Waals surface area (Å²) in [6, 6.07) is 0.338. The zero-order chi connectivity index (χ0) is 16.4. The van der Waals surface area contributed by atoms with E-state index in [1.165, 1.54) is 0 Å². The fraction of sp³-hybridized carbons (Fsp3) is 0.812. The standard InChI is InChI=1S/C16H27N5OS/c1-11(2)14-18-15-13(5-4-7-21(15)19-14)17-16(22)20-8-10-23-9-6-12(20)3/h11-13H,4-10H2,1-3H3,(H,17,22)/t12-,13+/m0/s1. The van der Waals surface area contributed by atoms with Gasteiger partial charge >= 0.3 is 6.03 Å². The first-order valence-corrected chi connectivity index (χ1v) is 9.81. The van der Waals surface area contributed by atoms with Crippen molar-refractivity contribution in [2.45, 2.75) is 64.6 Å². The molecular weight excluding hydrogens is 310 g/mol. The SMILES string of the molecule is CC(C)c1nc2n(n1)CCC[C@H]2NC(=O)N1CCSCC[C@@H]1C. The molecule has 3 heterocycles. The van der Waals surface area contributed by atoms with E-state index in [9.17, 15) is 4.79 Å². The molecule has 2 atom stereocenters. The fourth-order valence-corrected chi connectivity index (χ4v) is 4.22. The van der Waals surface area contributed by atoms with Gasteiger partial charge in [0.2, 0.25) is 0 Å². The summed E-state index contributed by atoms with van der Waals surface area (Å²) >= 11 is 1.93. The summed E-state index contributed by atoms with van der Waals surface area (Å²) < 4.78 is 1.98. The third-order valence-corrected chi connectivity index (χ3v) is 5.65. The Kier molecular flexibility index (Phi) is 5.14. The van der Waals surface area contributed by atoms with Gasteiger partial charge in [-0.3, -0.25) is 0 Å². The number of fused-ring (bicyclic) bond motifs is 1. The Balaban J connectivity index is 1.72. The van der Waals surface area contributed by atoms with E-state index in [1.807, 2.05) is 21.3 Å². The molecule has 1 aromatic heterocycles. The predicted octanol–water partition coefficient (Wildman–Crippen LogP) is 2.77. The van der Waals surface area contributed by atoms with Gasteiger partial charge in [0.05, 0.1) is 6.04 Å². The van der Waals surface area contributed by atoms with Crippen LogP contribution in [-0.4, -0.2) is 49.8 Å². The van der Waals surface area contributed by atoms with Gasteiger partial charge in [0.25, 0.3) is 0 Å². The lowest BCUT2D eigenvalue weighted by atomic mass is 10.1. The van der Waals surface area contributed by atoms with Crippen molar-refractivity contribution in [1.29, 1.82) is 0 Å². The van der Waals surface area contributed by atoms with Gasteiger partial charge in [0.15, 0.2) is 5.82 Å². The van der Waals surface area contributed by atoms with Crippen LogP contribution >= 0.6 is 11.8 Å². The molecule has 1 fully saturated rings. The molecule has 6 nitrogen and oxygen atoms in total. The normalized spacial score (nSPS) is 25.1. The van der Waals surface area contributed by atoms with Crippen molar-refractivity contribution in [2.75, 3.05) is 18.1 Å². The highest BCUT2D eigenvalue weighted by Crippen LogP contribution is 2.25. The number of amides is 2. The van der Waals surface area contributed by atoms with Crippen LogP contribution in [0.1, 0.15) is 63.6 Å². The highest BCUT2D eigenvalue weighted by atomic mass is 32.2. The van der Waals surface area contributed by atoms with Crippen molar-refractivity contribution in [3.63, 3.8) is 0 Å². The first-order chi connectivity index (χ1) is 11.1. The maximum Gasteiger partial charge on any atom is 0.318 e. The third kappa shape index (κ3) is 3.65. The third-order valence-electron chi connectivity index (χ3n) is 4.65. The Morgan fingerprint density at radius 3 is 2.91 bits per heavy atom. The minimum absolute atomic E-state index is 0.0145. The second kappa shape index (κ2) is 7.11. The number of carbonyl (C=O) groups is 1. The monoisotopic (exact) mass is 337 g/mol. The molecule has 0 saturated carbocycles. The topological polar surface area (TPSA) is 63.1 Å². The largest absolute Gasteiger partial charge is 0.328 e. The molecule has 0 unspecified atom stereocenters. The molecule has 3 rings (SSSR count). The highest BCUT2D eigenvalue weighted by Gasteiger charge is 2.29. The number of aryl methyl sites for hydroxylation is 1. The number of rotatable bonds is 2. The maximum atomic E-state index is 12.7. The van der Waals surface area contributed by atoms with Gasteiger partial charge in [0, 0.05) is 30.8 Å². The Bertz CT molecular complexity index is 559. The maximum absolute atomic E-state index is 12.7. The number of nitrogens with zero attached hydrogens (tertiary/aromatic N) is 4. The number of nitrogens with one attached hydrogen (secondary N) is 1. The van der Waals surface area contributed by atoms with Crippen LogP contribution in [0.25, 0.3) is 0 Å². The first-order valence-electron chi connectivity index (χ1n) is 8.65. The predicted molar refractivity (Wildman–Crippen MR) is 92.7 cm³/mol. The second-order valence-electron chi connectivity index (χ2n) is 6.79. The van der Waals surface area contributed by atoms with Gasteiger partial charge in [0.1, 0.15) is 5.82 Å². The van der Waals surface area contributed by atoms with Crippen LogP contribution < -0.4 is 5.32 Å². The Morgan fingerprint density at radius 2 is 2.13 bits per heavy atom. The van der Waals surface area contributed by atoms with Crippen LogP contribution in [0.3, 0.4) is 0 Å². The average molecular weight is 337 g/mol. The molecule has 7 heteroatoms. The van der Waals surface area contributed by atoms with Crippen LogP contribution in [0, 0.1) is 0 Å². The summed E-state index contributed by atoms with van der Waals surface area (Å²) in [4.78, 5) is 19.4. The van der Waals surface area contributed by atoms with Crippen LogP contribution in [0.5, 0.6) is 0 Å². The van der Waals surface area contributed by atoms with Gasteiger partial charge in [-0.05, 0) is 31.9 Å². The fourth-order valence-electron chi connectivity index (χ4n) is 3.18. The molecule has 0 aromatic carbocycles. The highest BCUT2D eigenvalue weighted by molar-refractivity contribution is 7.99. The van der Waals surface area contributed by atoms with Gasteiger partial charge in [-0.25, -0.2) is 14.5 Å². The zero-order valence-electron chi connectivity index (χ0n) is 14.3. The number of thioether (sulfide) groups is 1. The van der Waals surface area contributed by atoms with Gasteiger partial charge in [-0.15, -0.1) is 0 Å². The Hall–Kier alpha value is -1.24.